The van der Waals surface area contributed by atoms with Crippen LogP contribution in [0, 0.1) is 5.82 Å². The normalized spacial score (nSPS) is 20.7. The first kappa shape index (κ1) is 22.2. The van der Waals surface area contributed by atoms with Gasteiger partial charge in [0.25, 0.3) is 5.91 Å². The van der Waals surface area contributed by atoms with E-state index in [2.05, 4.69) is 15.4 Å². The van der Waals surface area contributed by atoms with E-state index in [-0.39, 0.29) is 19.7 Å². The fraction of sp³-hybridized carbons (Fsp3) is 0.320. The number of nitrogens with zero attached hydrogens (tertiary/aromatic N) is 5. The Morgan fingerprint density at radius 2 is 2.06 bits per heavy atom. The molecular weight excluding hydrogens is 467 g/mol. The Kier molecular flexibility index (Phi) is 5.02. The van der Waals surface area contributed by atoms with Gasteiger partial charge in [-0.25, -0.2) is 9.18 Å². The van der Waals surface area contributed by atoms with Gasteiger partial charge in [0.1, 0.15) is 24.7 Å². The number of aromatic nitrogens is 3. The van der Waals surface area contributed by atoms with Crippen molar-refractivity contribution in [3.05, 3.63) is 65.5 Å². The lowest BCUT2D eigenvalue weighted by molar-refractivity contribution is -0.139. The summed E-state index contributed by atoms with van der Waals surface area (Å²) in [5.74, 6) is -0.824. The third-order valence-electron chi connectivity index (χ3n) is 7.00. The van der Waals surface area contributed by atoms with E-state index in [1.54, 1.807) is 17.1 Å². The van der Waals surface area contributed by atoms with Crippen LogP contribution in [0.3, 0.4) is 0 Å². The molecule has 4 amide bonds. The van der Waals surface area contributed by atoms with E-state index in [1.807, 2.05) is 19.3 Å². The molecule has 1 atom stereocenters. The summed E-state index contributed by atoms with van der Waals surface area (Å²) in [6.07, 6.45) is 6.22. The maximum Gasteiger partial charge on any atom is 0.325 e. The number of halogens is 1. The van der Waals surface area contributed by atoms with Crippen molar-refractivity contribution in [1.29, 1.82) is 0 Å². The van der Waals surface area contributed by atoms with Gasteiger partial charge in [0, 0.05) is 42.7 Å². The molecule has 1 saturated heterocycles. The van der Waals surface area contributed by atoms with Crippen LogP contribution in [0.4, 0.5) is 9.18 Å². The standard InChI is InChI=1S/C25H23FN6O4/c1-30-12-18(11-28-30)16-8-15-4-5-25(22(15)27-10-16)23(34)32(24(35)29-25)14-21(33)31-6-7-36-20-3-2-19(26)9-17(20)13-31/h2-3,8-12H,4-7,13-14H2,1H3,(H,29,35). The summed E-state index contributed by atoms with van der Waals surface area (Å²) in [5.41, 5.74) is 2.43. The molecule has 2 aliphatic heterocycles. The van der Waals surface area contributed by atoms with Crippen LogP contribution in [0.2, 0.25) is 0 Å². The smallest absolute Gasteiger partial charge is 0.325 e. The molecule has 36 heavy (non-hydrogen) atoms. The molecule has 4 heterocycles. The quantitative estimate of drug-likeness (QED) is 0.560. The number of urea groups is 1. The molecule has 184 valence electrons. The number of carbonyl (C=O) groups is 3. The first-order chi connectivity index (χ1) is 17.3. The number of hydrogen-bond donors (Lipinski definition) is 1. The van der Waals surface area contributed by atoms with Gasteiger partial charge in [-0.2, -0.15) is 5.10 Å². The molecule has 3 aromatic rings. The van der Waals surface area contributed by atoms with Crippen molar-refractivity contribution in [2.24, 2.45) is 7.05 Å². The number of nitrogens with one attached hydrogen (secondary N) is 1. The zero-order chi connectivity index (χ0) is 25.0. The van der Waals surface area contributed by atoms with Crippen molar-refractivity contribution in [2.75, 3.05) is 19.7 Å². The summed E-state index contributed by atoms with van der Waals surface area (Å²) in [4.78, 5) is 46.5. The van der Waals surface area contributed by atoms with Crippen LogP contribution >= 0.6 is 0 Å². The molecule has 0 bridgehead atoms. The summed E-state index contributed by atoms with van der Waals surface area (Å²) < 4.78 is 21.0. The third kappa shape index (κ3) is 3.50. The van der Waals surface area contributed by atoms with Crippen LogP contribution in [0.25, 0.3) is 11.1 Å². The predicted molar refractivity (Wildman–Crippen MR) is 124 cm³/mol. The molecule has 1 N–H and O–H groups in total. The van der Waals surface area contributed by atoms with Crippen LogP contribution in [-0.2, 0) is 35.1 Å². The van der Waals surface area contributed by atoms with Crippen molar-refractivity contribution < 1.29 is 23.5 Å². The van der Waals surface area contributed by atoms with Crippen LogP contribution < -0.4 is 10.1 Å². The largest absolute Gasteiger partial charge is 0.491 e. The molecule has 1 unspecified atom stereocenters. The van der Waals surface area contributed by atoms with E-state index < -0.39 is 35.7 Å². The van der Waals surface area contributed by atoms with E-state index in [4.69, 9.17) is 4.74 Å². The Balaban J connectivity index is 1.22. The fourth-order valence-corrected chi connectivity index (χ4v) is 5.16. The van der Waals surface area contributed by atoms with E-state index in [0.717, 1.165) is 21.6 Å². The number of carbonyl (C=O) groups excluding carboxylic acids is 3. The fourth-order valence-electron chi connectivity index (χ4n) is 5.16. The van der Waals surface area contributed by atoms with Crippen molar-refractivity contribution in [3.8, 4) is 16.9 Å². The molecule has 0 radical (unpaired) electrons. The number of amides is 4. The average Bonchev–Trinajstić information content (AvgIpc) is 3.46. The average molecular weight is 490 g/mol. The van der Waals surface area contributed by atoms with Crippen molar-refractivity contribution >= 4 is 17.8 Å². The topological polar surface area (TPSA) is 110 Å². The lowest BCUT2D eigenvalue weighted by atomic mass is 9.96. The summed E-state index contributed by atoms with van der Waals surface area (Å²) in [5, 5.41) is 6.99. The van der Waals surface area contributed by atoms with E-state index >= 15 is 0 Å². The second-order valence-electron chi connectivity index (χ2n) is 9.28. The maximum atomic E-state index is 13.7. The number of ether oxygens (including phenoxy) is 1. The zero-order valence-corrected chi connectivity index (χ0v) is 19.5. The molecule has 1 fully saturated rings. The lowest BCUT2D eigenvalue weighted by Crippen LogP contribution is -2.45. The highest BCUT2D eigenvalue weighted by molar-refractivity contribution is 6.09. The minimum atomic E-state index is -1.28. The van der Waals surface area contributed by atoms with Crippen LogP contribution in [0.1, 0.15) is 23.2 Å². The predicted octanol–water partition coefficient (Wildman–Crippen LogP) is 1.74. The van der Waals surface area contributed by atoms with E-state index in [1.165, 1.54) is 23.1 Å². The van der Waals surface area contributed by atoms with Crippen molar-refractivity contribution in [2.45, 2.75) is 24.9 Å². The Morgan fingerprint density at radius 1 is 1.19 bits per heavy atom. The molecular formula is C25H23FN6O4. The molecule has 11 heteroatoms. The second kappa shape index (κ2) is 8.14. The first-order valence-corrected chi connectivity index (χ1v) is 11.7. The molecule has 6 rings (SSSR count). The van der Waals surface area contributed by atoms with Gasteiger partial charge in [0.05, 0.1) is 18.4 Å². The molecule has 1 spiro atoms. The Hall–Kier alpha value is -4.28. The molecule has 1 aliphatic carbocycles. The number of rotatable bonds is 3. The maximum absolute atomic E-state index is 13.7. The van der Waals surface area contributed by atoms with Crippen LogP contribution in [0.15, 0.2) is 42.9 Å². The number of aryl methyl sites for hydroxylation is 2. The first-order valence-electron chi connectivity index (χ1n) is 11.7. The molecule has 3 aliphatic rings. The molecule has 1 aromatic carbocycles. The van der Waals surface area contributed by atoms with Crippen LogP contribution in [-0.4, -0.2) is 62.1 Å². The van der Waals surface area contributed by atoms with Crippen molar-refractivity contribution in [1.82, 2.24) is 29.9 Å². The Morgan fingerprint density at radius 3 is 2.86 bits per heavy atom. The second-order valence-corrected chi connectivity index (χ2v) is 9.28. The van der Waals surface area contributed by atoms with E-state index in [9.17, 15) is 18.8 Å². The van der Waals surface area contributed by atoms with Gasteiger partial charge in [0.2, 0.25) is 5.91 Å². The number of fused-ring (bicyclic) bond motifs is 3. The van der Waals surface area contributed by atoms with Gasteiger partial charge in [0.15, 0.2) is 5.54 Å². The third-order valence-corrected chi connectivity index (χ3v) is 7.00. The summed E-state index contributed by atoms with van der Waals surface area (Å²) in [7, 11) is 1.83. The minimum absolute atomic E-state index is 0.127. The number of imide groups is 1. The summed E-state index contributed by atoms with van der Waals surface area (Å²) >= 11 is 0. The van der Waals surface area contributed by atoms with Crippen molar-refractivity contribution in [3.63, 3.8) is 0 Å². The van der Waals surface area contributed by atoms with Gasteiger partial charge in [-0.05, 0) is 42.7 Å². The van der Waals surface area contributed by atoms with E-state index in [0.29, 0.717) is 29.8 Å². The minimum Gasteiger partial charge on any atom is -0.491 e. The van der Waals surface area contributed by atoms with Gasteiger partial charge in [-0.1, -0.05) is 0 Å². The molecule has 2 aromatic heterocycles. The summed E-state index contributed by atoms with van der Waals surface area (Å²) in [6.45, 7) is 0.193. The highest BCUT2D eigenvalue weighted by atomic mass is 19.1. The van der Waals surface area contributed by atoms with Gasteiger partial charge in [-0.3, -0.25) is 24.2 Å². The number of benzene rings is 1. The number of hydrogen-bond acceptors (Lipinski definition) is 6. The highest BCUT2D eigenvalue weighted by Gasteiger charge is 2.57. The monoisotopic (exact) mass is 490 g/mol. The van der Waals surface area contributed by atoms with Crippen LogP contribution in [0.5, 0.6) is 5.75 Å². The highest BCUT2D eigenvalue weighted by Crippen LogP contribution is 2.41. The van der Waals surface area contributed by atoms with Gasteiger partial charge >= 0.3 is 6.03 Å². The van der Waals surface area contributed by atoms with Gasteiger partial charge < -0.3 is 15.0 Å². The summed E-state index contributed by atoms with van der Waals surface area (Å²) in [6, 6.07) is 5.50. The Labute approximate surface area is 205 Å². The number of pyridine rings is 1. The lowest BCUT2D eigenvalue weighted by Gasteiger charge is -2.24. The molecule has 0 saturated carbocycles. The van der Waals surface area contributed by atoms with Gasteiger partial charge in [-0.15, -0.1) is 0 Å². The SMILES string of the molecule is Cn1cc(-c2cnc3c(c2)CCC32NC(=O)N(CC(=O)N3CCOc4ccc(F)cc4C3)C2=O)cn1. The zero-order valence-electron chi connectivity index (χ0n) is 19.5. The Bertz CT molecular complexity index is 1420. The molecule has 10 nitrogen and oxygen atoms in total.